The van der Waals surface area contributed by atoms with Gasteiger partial charge in [-0.15, -0.1) is 6.42 Å². The first-order valence-electron chi connectivity index (χ1n) is 6.65. The maximum Gasteiger partial charge on any atom is 0.0917 e. The van der Waals surface area contributed by atoms with Crippen LogP contribution in [-0.4, -0.2) is 15.6 Å². The molecule has 1 nitrogen and oxygen atoms in total. The normalized spacial score (nSPS) is 34.9. The second-order valence-electron chi connectivity index (χ2n) is 5.47. The number of thioether (sulfide) groups is 1. The van der Waals surface area contributed by atoms with Crippen molar-refractivity contribution >= 4 is 11.8 Å². The van der Waals surface area contributed by atoms with E-state index in [1.165, 1.54) is 19.3 Å². The van der Waals surface area contributed by atoms with Crippen molar-refractivity contribution in [1.29, 1.82) is 0 Å². The molecule has 0 aliphatic carbocycles. The molecular weight excluding hydrogens is 240 g/mol. The predicted molar refractivity (Wildman–Crippen MR) is 76.5 cm³/mol. The van der Waals surface area contributed by atoms with E-state index in [0.717, 1.165) is 24.0 Å². The second-order valence-corrected chi connectivity index (χ2v) is 7.08. The number of rotatable bonds is 1. The number of fused-ring (bicyclic) bond motifs is 2. The van der Waals surface area contributed by atoms with Crippen LogP contribution in [0.15, 0.2) is 24.3 Å². The molecule has 1 N–H and O–H groups in total. The summed E-state index contributed by atoms with van der Waals surface area (Å²) in [5, 5.41) is 12.2. The maximum atomic E-state index is 10.9. The van der Waals surface area contributed by atoms with Gasteiger partial charge >= 0.3 is 0 Å². The maximum absolute atomic E-state index is 10.9. The highest BCUT2D eigenvalue weighted by atomic mass is 32.2. The topological polar surface area (TPSA) is 20.2 Å². The zero-order valence-electron chi connectivity index (χ0n) is 10.4. The van der Waals surface area contributed by atoms with E-state index < -0.39 is 5.60 Å². The highest BCUT2D eigenvalue weighted by Gasteiger charge is 2.42. The summed E-state index contributed by atoms with van der Waals surface area (Å²) < 4.78 is 0. The fourth-order valence-corrected chi connectivity index (χ4v) is 5.12. The standard InChI is InChI=1S/C16H18OS/c1-2-12-6-8-13(9-7-12)16(17)10-14-4-3-5-15(11-16)18-14/h1,6-9,14-15,17H,3-5,10-11H2. The summed E-state index contributed by atoms with van der Waals surface area (Å²) in [4.78, 5) is 0. The van der Waals surface area contributed by atoms with Gasteiger partial charge in [0, 0.05) is 16.1 Å². The van der Waals surface area contributed by atoms with Crippen LogP contribution in [0.25, 0.3) is 0 Å². The van der Waals surface area contributed by atoms with Gasteiger partial charge in [0.2, 0.25) is 0 Å². The average molecular weight is 258 g/mol. The minimum absolute atomic E-state index is 0.631. The molecule has 2 bridgehead atoms. The van der Waals surface area contributed by atoms with E-state index in [2.05, 4.69) is 17.7 Å². The van der Waals surface area contributed by atoms with Gasteiger partial charge in [0.15, 0.2) is 0 Å². The van der Waals surface area contributed by atoms with Crippen LogP contribution in [-0.2, 0) is 5.60 Å². The molecule has 18 heavy (non-hydrogen) atoms. The van der Waals surface area contributed by atoms with E-state index in [4.69, 9.17) is 6.42 Å². The van der Waals surface area contributed by atoms with Crippen LogP contribution in [0.5, 0.6) is 0 Å². The van der Waals surface area contributed by atoms with Crippen LogP contribution in [0.1, 0.15) is 43.2 Å². The van der Waals surface area contributed by atoms with Gasteiger partial charge in [-0.3, -0.25) is 0 Å². The van der Waals surface area contributed by atoms with Crippen LogP contribution in [0.2, 0.25) is 0 Å². The largest absolute Gasteiger partial charge is 0.385 e. The molecule has 2 aliphatic heterocycles. The minimum atomic E-state index is -0.631. The lowest BCUT2D eigenvalue weighted by atomic mass is 9.80. The van der Waals surface area contributed by atoms with Crippen LogP contribution >= 0.6 is 11.8 Å². The van der Waals surface area contributed by atoms with E-state index in [0.29, 0.717) is 10.5 Å². The Hall–Kier alpha value is -0.910. The molecule has 2 unspecified atom stereocenters. The quantitative estimate of drug-likeness (QED) is 0.780. The van der Waals surface area contributed by atoms with Crippen LogP contribution in [0.4, 0.5) is 0 Å². The number of aliphatic hydroxyl groups is 1. The van der Waals surface area contributed by atoms with Crippen molar-refractivity contribution in [1.82, 2.24) is 0 Å². The van der Waals surface area contributed by atoms with Gasteiger partial charge in [-0.1, -0.05) is 24.5 Å². The molecule has 2 saturated heterocycles. The van der Waals surface area contributed by atoms with E-state index in [9.17, 15) is 5.11 Å². The van der Waals surface area contributed by atoms with Crippen molar-refractivity contribution in [3.63, 3.8) is 0 Å². The van der Waals surface area contributed by atoms with Crippen molar-refractivity contribution in [2.45, 2.75) is 48.2 Å². The number of benzene rings is 1. The van der Waals surface area contributed by atoms with Gasteiger partial charge < -0.3 is 5.11 Å². The third-order valence-electron chi connectivity index (χ3n) is 4.16. The lowest BCUT2D eigenvalue weighted by molar-refractivity contribution is 0.00813. The Balaban J connectivity index is 1.87. The molecule has 3 rings (SSSR count). The highest BCUT2D eigenvalue weighted by molar-refractivity contribution is 8.00. The summed E-state index contributed by atoms with van der Waals surface area (Å²) in [6.45, 7) is 0. The number of hydrogen-bond donors (Lipinski definition) is 1. The summed E-state index contributed by atoms with van der Waals surface area (Å²) in [6, 6.07) is 7.87. The molecular formula is C16H18OS. The third-order valence-corrected chi connectivity index (χ3v) is 5.73. The average Bonchev–Trinajstić information content (AvgIpc) is 2.38. The van der Waals surface area contributed by atoms with E-state index in [1.807, 2.05) is 24.3 Å². The summed E-state index contributed by atoms with van der Waals surface area (Å²) >= 11 is 2.09. The van der Waals surface area contributed by atoms with Crippen molar-refractivity contribution in [2.75, 3.05) is 0 Å². The molecule has 2 atom stereocenters. The Morgan fingerprint density at radius 3 is 2.33 bits per heavy atom. The van der Waals surface area contributed by atoms with E-state index in [1.54, 1.807) is 0 Å². The Morgan fingerprint density at radius 1 is 1.17 bits per heavy atom. The molecule has 0 spiro atoms. The molecule has 1 aromatic rings. The van der Waals surface area contributed by atoms with Gasteiger partial charge in [-0.25, -0.2) is 0 Å². The molecule has 0 saturated carbocycles. The minimum Gasteiger partial charge on any atom is -0.385 e. The van der Waals surface area contributed by atoms with Crippen LogP contribution < -0.4 is 0 Å². The summed E-state index contributed by atoms with van der Waals surface area (Å²) in [5.74, 6) is 2.62. The molecule has 2 heteroatoms. The molecule has 0 aromatic heterocycles. The zero-order chi connectivity index (χ0) is 12.6. The lowest BCUT2D eigenvalue weighted by Gasteiger charge is -2.44. The van der Waals surface area contributed by atoms with Gasteiger partial charge in [-0.2, -0.15) is 11.8 Å². The second kappa shape index (κ2) is 4.64. The first-order valence-corrected chi connectivity index (χ1v) is 7.59. The van der Waals surface area contributed by atoms with Crippen molar-refractivity contribution in [2.24, 2.45) is 0 Å². The third kappa shape index (κ3) is 2.18. The molecule has 0 amide bonds. The van der Waals surface area contributed by atoms with Gasteiger partial charge in [0.25, 0.3) is 0 Å². The fourth-order valence-electron chi connectivity index (χ4n) is 3.23. The summed E-state index contributed by atoms with van der Waals surface area (Å²) in [6.07, 6.45) is 11.0. The summed E-state index contributed by atoms with van der Waals surface area (Å²) in [7, 11) is 0. The van der Waals surface area contributed by atoms with E-state index >= 15 is 0 Å². The Kier molecular flexibility index (Phi) is 3.13. The van der Waals surface area contributed by atoms with Crippen LogP contribution in [0, 0.1) is 12.3 Å². The SMILES string of the molecule is C#Cc1ccc(C2(O)CC3CCCC(C2)S3)cc1. The molecule has 1 aromatic carbocycles. The first-order chi connectivity index (χ1) is 8.69. The highest BCUT2D eigenvalue weighted by Crippen LogP contribution is 2.49. The smallest absolute Gasteiger partial charge is 0.0917 e. The molecule has 2 fully saturated rings. The van der Waals surface area contributed by atoms with Gasteiger partial charge in [-0.05, 0) is 43.4 Å². The molecule has 2 heterocycles. The van der Waals surface area contributed by atoms with Crippen LogP contribution in [0.3, 0.4) is 0 Å². The number of hydrogen-bond acceptors (Lipinski definition) is 2. The Bertz CT molecular complexity index is 459. The monoisotopic (exact) mass is 258 g/mol. The molecule has 2 aliphatic rings. The summed E-state index contributed by atoms with van der Waals surface area (Å²) in [5.41, 5.74) is 1.29. The Morgan fingerprint density at radius 2 is 1.78 bits per heavy atom. The number of terminal acetylenes is 1. The lowest BCUT2D eigenvalue weighted by Crippen LogP contribution is -2.40. The fraction of sp³-hybridized carbons (Fsp3) is 0.500. The predicted octanol–water partition coefficient (Wildman–Crippen LogP) is 3.30. The van der Waals surface area contributed by atoms with Crippen molar-refractivity contribution in [3.05, 3.63) is 35.4 Å². The van der Waals surface area contributed by atoms with Gasteiger partial charge in [0.05, 0.1) is 5.60 Å². The molecule has 94 valence electrons. The van der Waals surface area contributed by atoms with Crippen molar-refractivity contribution in [3.8, 4) is 12.3 Å². The van der Waals surface area contributed by atoms with Crippen molar-refractivity contribution < 1.29 is 5.11 Å². The zero-order valence-corrected chi connectivity index (χ0v) is 11.2. The first kappa shape index (κ1) is 12.1. The molecule has 0 radical (unpaired) electrons. The Labute approximate surface area is 113 Å². The van der Waals surface area contributed by atoms with E-state index in [-0.39, 0.29) is 0 Å². The van der Waals surface area contributed by atoms with Gasteiger partial charge in [0.1, 0.15) is 0 Å².